The van der Waals surface area contributed by atoms with Crippen LogP contribution in [0.4, 0.5) is 0 Å². The lowest BCUT2D eigenvalue weighted by Crippen LogP contribution is -2.44. The Morgan fingerprint density at radius 3 is 3.06 bits per heavy atom. The smallest absolute Gasteiger partial charge is 0.188 e. The molecule has 1 aliphatic heterocycles. The Kier molecular flexibility index (Phi) is 4.01. The molecule has 1 aliphatic carbocycles. The van der Waals surface area contributed by atoms with Gasteiger partial charge < -0.3 is 15.8 Å². The highest BCUT2D eigenvalue weighted by molar-refractivity contribution is 5.78. The molecule has 0 spiro atoms. The van der Waals surface area contributed by atoms with Crippen LogP contribution in [0.2, 0.25) is 0 Å². The van der Waals surface area contributed by atoms with E-state index in [-0.39, 0.29) is 6.10 Å². The molecular weight excluding hydrogens is 204 g/mol. The van der Waals surface area contributed by atoms with Gasteiger partial charge in [0.15, 0.2) is 5.96 Å². The number of rotatable bonds is 4. The highest BCUT2D eigenvalue weighted by atomic mass is 16.5. The van der Waals surface area contributed by atoms with Crippen LogP contribution >= 0.6 is 0 Å². The molecule has 92 valence electrons. The van der Waals surface area contributed by atoms with E-state index in [0.29, 0.717) is 18.5 Å². The summed E-state index contributed by atoms with van der Waals surface area (Å²) in [5.41, 5.74) is 5.77. The molecule has 1 saturated carbocycles. The lowest BCUT2D eigenvalue weighted by Gasteiger charge is -2.31. The Morgan fingerprint density at radius 1 is 1.56 bits per heavy atom. The second kappa shape index (κ2) is 5.50. The van der Waals surface area contributed by atoms with Crippen LogP contribution in [0.5, 0.6) is 0 Å². The van der Waals surface area contributed by atoms with Crippen LogP contribution in [0.15, 0.2) is 4.99 Å². The third kappa shape index (κ3) is 3.64. The largest absolute Gasteiger partial charge is 0.374 e. The second-order valence-electron chi connectivity index (χ2n) is 4.53. The van der Waals surface area contributed by atoms with E-state index in [1.165, 1.54) is 12.8 Å². The molecule has 2 fully saturated rings. The zero-order valence-corrected chi connectivity index (χ0v) is 9.98. The summed E-state index contributed by atoms with van der Waals surface area (Å²) in [7, 11) is 0. The van der Waals surface area contributed by atoms with Crippen LogP contribution in [0.3, 0.4) is 0 Å². The number of ether oxygens (including phenoxy) is 1. The minimum absolute atomic E-state index is 0.202. The fraction of sp³-hybridized carbons (Fsp3) is 0.909. The van der Waals surface area contributed by atoms with E-state index in [1.807, 2.05) is 0 Å². The molecule has 0 radical (unpaired) electrons. The number of nitrogens with zero attached hydrogens (tertiary/aromatic N) is 2. The molecule has 1 saturated heterocycles. The van der Waals surface area contributed by atoms with Crippen LogP contribution < -0.4 is 11.1 Å². The van der Waals surface area contributed by atoms with Gasteiger partial charge >= 0.3 is 0 Å². The standard InChI is InChI=1S/C11H22N4O/c1-2-15-5-6-16-10(8-15)7-13-11(12)14-9-3-4-9/h9-10H,2-8H2,1H3,(H3,12,13,14). The quantitative estimate of drug-likeness (QED) is 0.513. The van der Waals surface area contributed by atoms with Crippen molar-refractivity contribution < 1.29 is 4.74 Å². The molecule has 1 heterocycles. The Labute approximate surface area is 97.0 Å². The molecule has 0 aromatic carbocycles. The summed E-state index contributed by atoms with van der Waals surface area (Å²) in [6.07, 6.45) is 2.65. The molecule has 16 heavy (non-hydrogen) atoms. The van der Waals surface area contributed by atoms with Gasteiger partial charge in [-0.15, -0.1) is 0 Å². The van der Waals surface area contributed by atoms with Gasteiger partial charge in [-0.25, -0.2) is 0 Å². The van der Waals surface area contributed by atoms with Crippen LogP contribution in [0, 0.1) is 0 Å². The first-order valence-electron chi connectivity index (χ1n) is 6.18. The number of nitrogens with two attached hydrogens (primary N) is 1. The number of likely N-dealkylation sites (N-methyl/N-ethyl adjacent to an activating group) is 1. The maximum atomic E-state index is 5.77. The average molecular weight is 226 g/mol. The average Bonchev–Trinajstić information content (AvgIpc) is 3.10. The van der Waals surface area contributed by atoms with E-state index in [4.69, 9.17) is 10.5 Å². The minimum Gasteiger partial charge on any atom is -0.374 e. The molecule has 5 heteroatoms. The molecule has 3 N–H and O–H groups in total. The summed E-state index contributed by atoms with van der Waals surface area (Å²) >= 11 is 0. The monoisotopic (exact) mass is 226 g/mol. The summed E-state index contributed by atoms with van der Waals surface area (Å²) < 4.78 is 5.65. The molecule has 0 aromatic heterocycles. The normalized spacial score (nSPS) is 28.1. The van der Waals surface area contributed by atoms with Gasteiger partial charge in [0.05, 0.1) is 19.3 Å². The Hall–Kier alpha value is -0.810. The highest BCUT2D eigenvalue weighted by Gasteiger charge is 2.22. The maximum absolute atomic E-state index is 5.77. The van der Waals surface area contributed by atoms with Gasteiger partial charge in [-0.3, -0.25) is 9.89 Å². The lowest BCUT2D eigenvalue weighted by molar-refractivity contribution is -0.0210. The fourth-order valence-electron chi connectivity index (χ4n) is 1.86. The van der Waals surface area contributed by atoms with Crippen molar-refractivity contribution in [3.8, 4) is 0 Å². The first kappa shape index (κ1) is 11.7. The SMILES string of the molecule is CCN1CCOC(CN=C(N)NC2CC2)C1. The highest BCUT2D eigenvalue weighted by Crippen LogP contribution is 2.18. The van der Waals surface area contributed by atoms with Gasteiger partial charge in [0.2, 0.25) is 0 Å². The number of nitrogens with one attached hydrogen (secondary N) is 1. The van der Waals surface area contributed by atoms with Gasteiger partial charge in [0.1, 0.15) is 0 Å². The summed E-state index contributed by atoms with van der Waals surface area (Å²) in [6.45, 7) is 6.74. The van der Waals surface area contributed by atoms with Gasteiger partial charge in [0, 0.05) is 19.1 Å². The molecule has 0 amide bonds. The van der Waals surface area contributed by atoms with E-state index in [0.717, 1.165) is 26.2 Å². The van der Waals surface area contributed by atoms with E-state index >= 15 is 0 Å². The number of guanidine groups is 1. The minimum atomic E-state index is 0.202. The van der Waals surface area contributed by atoms with E-state index in [9.17, 15) is 0 Å². The van der Waals surface area contributed by atoms with Crippen molar-refractivity contribution in [3.63, 3.8) is 0 Å². The second-order valence-corrected chi connectivity index (χ2v) is 4.53. The Bertz CT molecular complexity index is 252. The molecule has 0 bridgehead atoms. The third-order valence-corrected chi connectivity index (χ3v) is 3.06. The number of aliphatic imine (C=N–C) groups is 1. The first-order valence-corrected chi connectivity index (χ1v) is 6.18. The maximum Gasteiger partial charge on any atom is 0.188 e. The van der Waals surface area contributed by atoms with Crippen molar-refractivity contribution in [1.82, 2.24) is 10.2 Å². The van der Waals surface area contributed by atoms with Crippen LogP contribution in [-0.4, -0.2) is 55.8 Å². The van der Waals surface area contributed by atoms with Crippen molar-refractivity contribution in [1.29, 1.82) is 0 Å². The molecule has 2 rings (SSSR count). The van der Waals surface area contributed by atoms with Crippen molar-refractivity contribution in [2.75, 3.05) is 32.8 Å². The number of morpholine rings is 1. The van der Waals surface area contributed by atoms with Crippen molar-refractivity contribution in [3.05, 3.63) is 0 Å². The Morgan fingerprint density at radius 2 is 2.38 bits per heavy atom. The van der Waals surface area contributed by atoms with Gasteiger partial charge in [-0.1, -0.05) is 6.92 Å². The van der Waals surface area contributed by atoms with Gasteiger partial charge in [0.25, 0.3) is 0 Å². The van der Waals surface area contributed by atoms with Crippen molar-refractivity contribution in [2.24, 2.45) is 10.7 Å². The third-order valence-electron chi connectivity index (χ3n) is 3.06. The predicted molar refractivity (Wildman–Crippen MR) is 64.5 cm³/mol. The molecule has 1 unspecified atom stereocenters. The van der Waals surface area contributed by atoms with Crippen molar-refractivity contribution in [2.45, 2.75) is 31.9 Å². The molecule has 5 nitrogen and oxygen atoms in total. The van der Waals surface area contributed by atoms with Gasteiger partial charge in [-0.05, 0) is 19.4 Å². The summed E-state index contributed by atoms with van der Waals surface area (Å²) in [4.78, 5) is 6.71. The fourth-order valence-corrected chi connectivity index (χ4v) is 1.86. The Balaban J connectivity index is 1.71. The van der Waals surface area contributed by atoms with E-state index in [2.05, 4.69) is 22.1 Å². The van der Waals surface area contributed by atoms with Crippen LogP contribution in [0.1, 0.15) is 19.8 Å². The zero-order chi connectivity index (χ0) is 11.4. The van der Waals surface area contributed by atoms with E-state index < -0.39 is 0 Å². The van der Waals surface area contributed by atoms with Crippen LogP contribution in [0.25, 0.3) is 0 Å². The van der Waals surface area contributed by atoms with E-state index in [1.54, 1.807) is 0 Å². The topological polar surface area (TPSA) is 62.9 Å². The number of hydrogen-bond acceptors (Lipinski definition) is 3. The zero-order valence-electron chi connectivity index (χ0n) is 9.98. The predicted octanol–water partition coefficient (Wildman–Crippen LogP) is -0.226. The molecule has 1 atom stereocenters. The first-order chi connectivity index (χ1) is 7.78. The van der Waals surface area contributed by atoms with Crippen molar-refractivity contribution >= 4 is 5.96 Å². The molecule has 0 aromatic rings. The summed E-state index contributed by atoms with van der Waals surface area (Å²) in [5.74, 6) is 0.569. The number of hydrogen-bond donors (Lipinski definition) is 2. The van der Waals surface area contributed by atoms with Gasteiger partial charge in [-0.2, -0.15) is 0 Å². The lowest BCUT2D eigenvalue weighted by atomic mass is 10.3. The molecular formula is C11H22N4O. The van der Waals surface area contributed by atoms with Crippen LogP contribution in [-0.2, 0) is 4.74 Å². The summed E-state index contributed by atoms with van der Waals surface area (Å²) in [5, 5.41) is 3.18. The summed E-state index contributed by atoms with van der Waals surface area (Å²) in [6, 6.07) is 0.572. The molecule has 2 aliphatic rings.